The van der Waals surface area contributed by atoms with Crippen molar-refractivity contribution in [3.63, 3.8) is 0 Å². The maximum Gasteiger partial charge on any atom is 0.0642 e. The number of aliphatic hydroxyl groups excluding tert-OH is 1. The Balaban J connectivity index is 1.53. The smallest absolute Gasteiger partial charge is 0.0642 e. The van der Waals surface area contributed by atoms with Gasteiger partial charge in [-0.05, 0) is 31.6 Å². The summed E-state index contributed by atoms with van der Waals surface area (Å²) in [6.07, 6.45) is 7.94. The van der Waals surface area contributed by atoms with Crippen LogP contribution in [0.4, 0.5) is 0 Å². The molecule has 1 atom stereocenters. The van der Waals surface area contributed by atoms with E-state index in [1.807, 2.05) is 0 Å². The van der Waals surface area contributed by atoms with E-state index in [0.717, 1.165) is 12.5 Å². The largest absolute Gasteiger partial charge is 0.395 e. The predicted octanol–water partition coefficient (Wildman–Crippen LogP) is 1.31. The molecule has 0 aromatic heterocycles. The van der Waals surface area contributed by atoms with Crippen molar-refractivity contribution in [1.29, 1.82) is 0 Å². The van der Waals surface area contributed by atoms with E-state index >= 15 is 0 Å². The van der Waals surface area contributed by atoms with E-state index in [9.17, 15) is 0 Å². The number of aliphatic hydroxyl groups is 1. The van der Waals surface area contributed by atoms with Crippen molar-refractivity contribution in [1.82, 2.24) is 5.32 Å². The van der Waals surface area contributed by atoms with Gasteiger partial charge in [0.2, 0.25) is 0 Å². The van der Waals surface area contributed by atoms with E-state index in [2.05, 4.69) is 5.32 Å². The van der Waals surface area contributed by atoms with Gasteiger partial charge in [-0.1, -0.05) is 12.8 Å². The average Bonchev–Trinajstić information content (AvgIpc) is 2.91. The van der Waals surface area contributed by atoms with Crippen LogP contribution in [0.3, 0.4) is 0 Å². The summed E-state index contributed by atoms with van der Waals surface area (Å²) in [6.45, 7) is 1.76. The molecule has 0 saturated heterocycles. The van der Waals surface area contributed by atoms with Crippen molar-refractivity contribution < 1.29 is 9.84 Å². The first kappa shape index (κ1) is 11.4. The molecule has 2 aliphatic rings. The zero-order valence-corrected chi connectivity index (χ0v) is 9.45. The van der Waals surface area contributed by atoms with Crippen molar-refractivity contribution in [3.8, 4) is 0 Å². The third-order valence-corrected chi connectivity index (χ3v) is 3.42. The van der Waals surface area contributed by atoms with Crippen LogP contribution >= 0.6 is 0 Å². The summed E-state index contributed by atoms with van der Waals surface area (Å²) in [4.78, 5) is 0. The van der Waals surface area contributed by atoms with Crippen LogP contribution in [0, 0.1) is 5.92 Å². The van der Waals surface area contributed by atoms with Gasteiger partial charge in [0.25, 0.3) is 0 Å². The van der Waals surface area contributed by atoms with Gasteiger partial charge in [0.05, 0.1) is 19.3 Å². The molecule has 0 aromatic rings. The van der Waals surface area contributed by atoms with E-state index < -0.39 is 0 Å². The molecule has 3 nitrogen and oxygen atoms in total. The third kappa shape index (κ3) is 4.09. The fraction of sp³-hybridized carbons (Fsp3) is 1.00. The van der Waals surface area contributed by atoms with Gasteiger partial charge in [-0.3, -0.25) is 0 Å². The topological polar surface area (TPSA) is 41.5 Å². The van der Waals surface area contributed by atoms with Gasteiger partial charge in [0.15, 0.2) is 0 Å². The van der Waals surface area contributed by atoms with Crippen molar-refractivity contribution >= 4 is 0 Å². The lowest BCUT2D eigenvalue weighted by atomic mass is 10.1. The molecule has 2 N–H and O–H groups in total. The average molecular weight is 213 g/mol. The second-order valence-electron chi connectivity index (χ2n) is 5.01. The number of hydrogen-bond donors (Lipinski definition) is 2. The molecule has 0 radical (unpaired) electrons. The Morgan fingerprint density at radius 1 is 1.20 bits per heavy atom. The lowest BCUT2D eigenvalue weighted by molar-refractivity contribution is 0.0659. The first-order chi connectivity index (χ1) is 7.38. The van der Waals surface area contributed by atoms with E-state index in [1.54, 1.807) is 0 Å². The molecule has 0 amide bonds. The minimum Gasteiger partial charge on any atom is -0.395 e. The molecule has 3 heteroatoms. The quantitative estimate of drug-likeness (QED) is 0.670. The molecule has 0 aliphatic heterocycles. The monoisotopic (exact) mass is 213 g/mol. The zero-order chi connectivity index (χ0) is 10.5. The molecule has 2 aliphatic carbocycles. The molecular weight excluding hydrogens is 190 g/mol. The fourth-order valence-electron chi connectivity index (χ4n) is 2.29. The Labute approximate surface area is 92.2 Å². The highest BCUT2D eigenvalue weighted by Gasteiger charge is 2.24. The molecule has 2 rings (SSSR count). The first-order valence-electron chi connectivity index (χ1n) is 6.33. The van der Waals surface area contributed by atoms with Crippen molar-refractivity contribution in [2.75, 3.05) is 19.8 Å². The van der Waals surface area contributed by atoms with Crippen LogP contribution in [0.15, 0.2) is 0 Å². The highest BCUT2D eigenvalue weighted by atomic mass is 16.5. The standard InChI is InChI=1S/C12H23NO2/c14-7-12(13-11-5-6-11)9-15-8-10-3-1-2-4-10/h10-14H,1-9H2. The number of ether oxygens (including phenoxy) is 1. The summed E-state index contributed by atoms with van der Waals surface area (Å²) in [5.74, 6) is 0.783. The van der Waals surface area contributed by atoms with Crippen LogP contribution in [0.25, 0.3) is 0 Å². The Kier molecular flexibility index (Phi) is 4.42. The van der Waals surface area contributed by atoms with Crippen LogP contribution < -0.4 is 5.32 Å². The predicted molar refractivity (Wildman–Crippen MR) is 59.8 cm³/mol. The minimum absolute atomic E-state index is 0.152. The minimum atomic E-state index is 0.152. The van der Waals surface area contributed by atoms with Gasteiger partial charge in [-0.25, -0.2) is 0 Å². The molecule has 0 aromatic carbocycles. The molecule has 0 heterocycles. The Morgan fingerprint density at radius 2 is 1.93 bits per heavy atom. The van der Waals surface area contributed by atoms with E-state index in [0.29, 0.717) is 12.6 Å². The summed E-state index contributed by atoms with van der Waals surface area (Å²) in [5.41, 5.74) is 0. The van der Waals surface area contributed by atoms with Crippen molar-refractivity contribution in [2.45, 2.75) is 50.6 Å². The second-order valence-corrected chi connectivity index (χ2v) is 5.01. The zero-order valence-electron chi connectivity index (χ0n) is 9.45. The third-order valence-electron chi connectivity index (χ3n) is 3.42. The van der Waals surface area contributed by atoms with Crippen LogP contribution in [0.2, 0.25) is 0 Å². The normalized spacial score (nSPS) is 24.6. The Morgan fingerprint density at radius 3 is 2.53 bits per heavy atom. The molecule has 2 saturated carbocycles. The maximum absolute atomic E-state index is 9.15. The van der Waals surface area contributed by atoms with Gasteiger partial charge >= 0.3 is 0 Å². The molecule has 1 unspecified atom stereocenters. The van der Waals surface area contributed by atoms with Gasteiger partial charge in [0, 0.05) is 12.6 Å². The molecule has 88 valence electrons. The maximum atomic E-state index is 9.15. The lowest BCUT2D eigenvalue weighted by Crippen LogP contribution is -2.38. The van der Waals surface area contributed by atoms with Gasteiger partial charge in [0.1, 0.15) is 0 Å². The first-order valence-corrected chi connectivity index (χ1v) is 6.33. The van der Waals surface area contributed by atoms with Gasteiger partial charge < -0.3 is 15.2 Å². The molecule has 0 spiro atoms. The molecule has 2 fully saturated rings. The van der Waals surface area contributed by atoms with Crippen LogP contribution in [-0.4, -0.2) is 37.0 Å². The fourth-order valence-corrected chi connectivity index (χ4v) is 2.29. The summed E-state index contributed by atoms with van der Waals surface area (Å²) < 4.78 is 5.68. The SMILES string of the molecule is OCC(COCC1CCCC1)NC1CC1. The molecule has 0 bridgehead atoms. The summed E-state index contributed by atoms with van der Waals surface area (Å²) in [6, 6.07) is 0.802. The summed E-state index contributed by atoms with van der Waals surface area (Å²) >= 11 is 0. The number of rotatable bonds is 7. The van der Waals surface area contributed by atoms with Crippen molar-refractivity contribution in [3.05, 3.63) is 0 Å². The molecular formula is C12H23NO2. The van der Waals surface area contributed by atoms with Crippen LogP contribution in [-0.2, 0) is 4.74 Å². The van der Waals surface area contributed by atoms with E-state index in [-0.39, 0.29) is 12.6 Å². The summed E-state index contributed by atoms with van der Waals surface area (Å²) in [7, 11) is 0. The lowest BCUT2D eigenvalue weighted by Gasteiger charge is -2.17. The highest BCUT2D eigenvalue weighted by Crippen LogP contribution is 2.24. The van der Waals surface area contributed by atoms with Crippen LogP contribution in [0.1, 0.15) is 38.5 Å². The molecule has 15 heavy (non-hydrogen) atoms. The number of hydrogen-bond acceptors (Lipinski definition) is 3. The Hall–Kier alpha value is -0.120. The second kappa shape index (κ2) is 5.83. The van der Waals surface area contributed by atoms with Crippen LogP contribution in [0.5, 0.6) is 0 Å². The van der Waals surface area contributed by atoms with E-state index in [4.69, 9.17) is 9.84 Å². The number of nitrogens with one attached hydrogen (secondary N) is 1. The van der Waals surface area contributed by atoms with Gasteiger partial charge in [-0.15, -0.1) is 0 Å². The Bertz CT molecular complexity index is 176. The van der Waals surface area contributed by atoms with E-state index in [1.165, 1.54) is 38.5 Å². The highest BCUT2D eigenvalue weighted by molar-refractivity contribution is 4.84. The van der Waals surface area contributed by atoms with Gasteiger partial charge in [-0.2, -0.15) is 0 Å². The summed E-state index contributed by atoms with van der Waals surface area (Å²) in [5, 5.41) is 12.5. The van der Waals surface area contributed by atoms with Crippen molar-refractivity contribution in [2.24, 2.45) is 5.92 Å².